The van der Waals surface area contributed by atoms with Crippen molar-refractivity contribution < 1.29 is 4.74 Å². The van der Waals surface area contributed by atoms with Crippen molar-refractivity contribution in [3.8, 4) is 5.75 Å². The van der Waals surface area contributed by atoms with Crippen LogP contribution in [0.1, 0.15) is 50.2 Å². The fraction of sp³-hybridized carbons (Fsp3) is 0.682. The maximum atomic E-state index is 5.43. The molecule has 2 fully saturated rings. The first kappa shape index (κ1) is 20.0. The van der Waals surface area contributed by atoms with Gasteiger partial charge < -0.3 is 20.3 Å². The highest BCUT2D eigenvalue weighted by molar-refractivity contribution is 5.80. The van der Waals surface area contributed by atoms with Gasteiger partial charge in [0.15, 0.2) is 5.96 Å². The lowest BCUT2D eigenvalue weighted by Gasteiger charge is -2.47. The van der Waals surface area contributed by atoms with Crippen molar-refractivity contribution in [2.75, 3.05) is 27.2 Å². The lowest BCUT2D eigenvalue weighted by Crippen LogP contribution is -2.56. The molecule has 2 atom stereocenters. The van der Waals surface area contributed by atoms with E-state index >= 15 is 0 Å². The minimum atomic E-state index is 0.536. The number of methoxy groups -OCH3 is 1. The number of aliphatic imine (C=N–C) groups is 1. The van der Waals surface area contributed by atoms with E-state index in [1.165, 1.54) is 43.2 Å². The van der Waals surface area contributed by atoms with Crippen LogP contribution < -0.4 is 15.4 Å². The number of piperidine rings is 2. The Hall–Kier alpha value is -1.75. The van der Waals surface area contributed by atoms with Crippen molar-refractivity contribution >= 4 is 5.96 Å². The molecular formula is C22H36N4O. The molecule has 0 saturated carbocycles. The number of fused-ring (bicyclic) bond motifs is 2. The first-order valence-corrected chi connectivity index (χ1v) is 10.5. The summed E-state index contributed by atoms with van der Waals surface area (Å²) in [6, 6.07) is 8.43. The molecule has 27 heavy (non-hydrogen) atoms. The van der Waals surface area contributed by atoms with Crippen LogP contribution in [0.15, 0.2) is 23.2 Å². The van der Waals surface area contributed by atoms with Crippen LogP contribution in [0.5, 0.6) is 5.75 Å². The van der Waals surface area contributed by atoms with Gasteiger partial charge in [0, 0.05) is 31.2 Å². The topological polar surface area (TPSA) is 48.9 Å². The predicted octanol–water partition coefficient (Wildman–Crippen LogP) is 3.12. The highest BCUT2D eigenvalue weighted by atomic mass is 16.5. The number of nitrogens with zero attached hydrogens (tertiary/aromatic N) is 2. The molecule has 2 heterocycles. The largest absolute Gasteiger partial charge is 0.496 e. The van der Waals surface area contributed by atoms with Crippen molar-refractivity contribution in [3.63, 3.8) is 0 Å². The van der Waals surface area contributed by atoms with Gasteiger partial charge in [-0.15, -0.1) is 0 Å². The van der Waals surface area contributed by atoms with Crippen LogP contribution in [0.4, 0.5) is 0 Å². The highest BCUT2D eigenvalue weighted by Crippen LogP contribution is 2.32. The van der Waals surface area contributed by atoms with Crippen LogP contribution in [0.3, 0.4) is 0 Å². The molecule has 2 aliphatic rings. The van der Waals surface area contributed by atoms with Gasteiger partial charge >= 0.3 is 0 Å². The molecule has 0 radical (unpaired) electrons. The predicted molar refractivity (Wildman–Crippen MR) is 113 cm³/mol. The minimum absolute atomic E-state index is 0.536. The zero-order valence-electron chi connectivity index (χ0n) is 17.4. The summed E-state index contributed by atoms with van der Waals surface area (Å²) >= 11 is 0. The van der Waals surface area contributed by atoms with Crippen molar-refractivity contribution in [1.29, 1.82) is 0 Å². The number of nitrogens with one attached hydrogen (secondary N) is 2. The summed E-state index contributed by atoms with van der Waals surface area (Å²) in [6.45, 7) is 5.88. The molecular weight excluding hydrogens is 336 g/mol. The second kappa shape index (κ2) is 9.45. The van der Waals surface area contributed by atoms with E-state index in [1.807, 2.05) is 0 Å². The number of hydrogen-bond acceptors (Lipinski definition) is 3. The molecule has 2 aliphatic heterocycles. The molecule has 2 bridgehead atoms. The standard InChI is InChI=1S/C22H36N4O/c1-5-23-22(24-12-11-17-10-9-16(2)21(13-17)27-4)25-18-14-19-7-6-8-20(15-18)26(19)3/h9-10,13,18-20H,5-8,11-12,14-15H2,1-4H3,(H2,23,24,25). The second-order valence-electron chi connectivity index (χ2n) is 8.03. The quantitative estimate of drug-likeness (QED) is 0.595. The molecule has 2 saturated heterocycles. The van der Waals surface area contributed by atoms with E-state index in [2.05, 4.69) is 54.6 Å². The van der Waals surface area contributed by atoms with Crippen LogP contribution in [-0.4, -0.2) is 56.2 Å². The summed E-state index contributed by atoms with van der Waals surface area (Å²) in [5, 5.41) is 7.14. The summed E-state index contributed by atoms with van der Waals surface area (Å²) in [7, 11) is 4.04. The monoisotopic (exact) mass is 372 g/mol. The SMILES string of the molecule is CCNC(=NCCc1ccc(C)c(OC)c1)NC1CC2CCCC(C1)N2C. The Morgan fingerprint density at radius 2 is 2.00 bits per heavy atom. The van der Waals surface area contributed by atoms with Crippen LogP contribution in [0.25, 0.3) is 0 Å². The zero-order valence-corrected chi connectivity index (χ0v) is 17.4. The molecule has 0 aromatic heterocycles. The van der Waals surface area contributed by atoms with Crippen LogP contribution in [0, 0.1) is 6.92 Å². The molecule has 150 valence electrons. The van der Waals surface area contributed by atoms with Crippen LogP contribution >= 0.6 is 0 Å². The number of benzene rings is 1. The highest BCUT2D eigenvalue weighted by Gasteiger charge is 2.36. The molecule has 1 aromatic carbocycles. The lowest BCUT2D eigenvalue weighted by atomic mass is 9.82. The Labute approximate surface area is 164 Å². The van der Waals surface area contributed by atoms with Crippen molar-refractivity contribution in [2.24, 2.45) is 4.99 Å². The third kappa shape index (κ3) is 5.16. The summed E-state index contributed by atoms with van der Waals surface area (Å²) in [4.78, 5) is 7.44. The summed E-state index contributed by atoms with van der Waals surface area (Å²) in [6.07, 6.45) is 7.45. The van der Waals surface area contributed by atoms with Crippen LogP contribution in [0.2, 0.25) is 0 Å². The lowest BCUT2D eigenvalue weighted by molar-refractivity contribution is 0.0526. The normalized spacial score (nSPS) is 25.9. The van der Waals surface area contributed by atoms with Gasteiger partial charge in [0.2, 0.25) is 0 Å². The number of ether oxygens (including phenoxy) is 1. The molecule has 0 amide bonds. The molecule has 2 unspecified atom stereocenters. The number of guanidine groups is 1. The molecule has 0 spiro atoms. The van der Waals surface area contributed by atoms with Gasteiger partial charge in [-0.25, -0.2) is 0 Å². The third-order valence-corrected chi connectivity index (χ3v) is 6.17. The Kier molecular flexibility index (Phi) is 7.00. The number of hydrogen-bond donors (Lipinski definition) is 2. The second-order valence-corrected chi connectivity index (χ2v) is 8.03. The van der Waals surface area contributed by atoms with E-state index in [0.717, 1.165) is 43.3 Å². The van der Waals surface area contributed by atoms with E-state index < -0.39 is 0 Å². The number of rotatable bonds is 6. The van der Waals surface area contributed by atoms with E-state index in [9.17, 15) is 0 Å². The molecule has 5 nitrogen and oxygen atoms in total. The Morgan fingerprint density at radius 3 is 2.67 bits per heavy atom. The first-order valence-electron chi connectivity index (χ1n) is 10.5. The summed E-state index contributed by atoms with van der Waals surface area (Å²) < 4.78 is 5.43. The van der Waals surface area contributed by atoms with Crippen molar-refractivity contribution in [1.82, 2.24) is 15.5 Å². The van der Waals surface area contributed by atoms with E-state index in [4.69, 9.17) is 9.73 Å². The molecule has 2 N–H and O–H groups in total. The average Bonchev–Trinajstić information content (AvgIpc) is 2.64. The average molecular weight is 373 g/mol. The van der Waals surface area contributed by atoms with E-state index in [1.54, 1.807) is 7.11 Å². The van der Waals surface area contributed by atoms with Crippen molar-refractivity contribution in [2.45, 2.75) is 70.5 Å². The molecule has 5 heteroatoms. The van der Waals surface area contributed by atoms with Gasteiger partial charge in [0.05, 0.1) is 7.11 Å². The Bertz CT molecular complexity index is 631. The summed E-state index contributed by atoms with van der Waals surface area (Å²) in [5.74, 6) is 1.92. The van der Waals surface area contributed by atoms with Gasteiger partial charge in [-0.3, -0.25) is 4.99 Å². The molecule has 1 aromatic rings. The van der Waals surface area contributed by atoms with Gasteiger partial charge in [0.25, 0.3) is 0 Å². The molecule has 3 rings (SSSR count). The van der Waals surface area contributed by atoms with Crippen LogP contribution in [-0.2, 0) is 6.42 Å². The molecule has 0 aliphatic carbocycles. The van der Waals surface area contributed by atoms with Gasteiger partial charge in [-0.1, -0.05) is 18.6 Å². The van der Waals surface area contributed by atoms with Gasteiger partial charge in [-0.05, 0) is 70.2 Å². The van der Waals surface area contributed by atoms with Gasteiger partial charge in [0.1, 0.15) is 5.75 Å². The fourth-order valence-electron chi connectivity index (χ4n) is 4.56. The minimum Gasteiger partial charge on any atom is -0.496 e. The number of aryl methyl sites for hydroxylation is 1. The zero-order chi connectivity index (χ0) is 19.2. The first-order chi connectivity index (χ1) is 13.1. The summed E-state index contributed by atoms with van der Waals surface area (Å²) in [5.41, 5.74) is 2.44. The smallest absolute Gasteiger partial charge is 0.191 e. The Morgan fingerprint density at radius 1 is 1.26 bits per heavy atom. The maximum absolute atomic E-state index is 5.43. The van der Waals surface area contributed by atoms with Gasteiger partial charge in [-0.2, -0.15) is 0 Å². The Balaban J connectivity index is 1.57. The van der Waals surface area contributed by atoms with E-state index in [0.29, 0.717) is 6.04 Å². The third-order valence-electron chi connectivity index (χ3n) is 6.17. The maximum Gasteiger partial charge on any atom is 0.191 e. The fourth-order valence-corrected chi connectivity index (χ4v) is 4.56. The van der Waals surface area contributed by atoms with Crippen molar-refractivity contribution in [3.05, 3.63) is 29.3 Å². The van der Waals surface area contributed by atoms with E-state index in [-0.39, 0.29) is 0 Å².